The molecule has 2 saturated carbocycles. The number of fused-ring (bicyclic) bond motifs is 1. The Morgan fingerprint density at radius 3 is 2.53 bits per heavy atom. The molecule has 0 radical (unpaired) electrons. The second-order valence-electron chi connectivity index (χ2n) is 7.29. The average Bonchev–Trinajstić information content (AvgIpc) is 2.63. The Morgan fingerprint density at radius 2 is 2.00 bits per heavy atom. The maximum Gasteiger partial charge on any atom is 0.0245 e. The first kappa shape index (κ1) is 10.1. The molecule has 3 fully saturated rings. The van der Waals surface area contributed by atoms with Crippen LogP contribution in [0.4, 0.5) is 0 Å². The molecule has 0 bridgehead atoms. The monoisotopic (exact) mass is 207 g/mol. The van der Waals surface area contributed by atoms with Crippen LogP contribution in [0.1, 0.15) is 52.9 Å². The van der Waals surface area contributed by atoms with E-state index in [1.165, 1.54) is 32.1 Å². The lowest BCUT2D eigenvalue weighted by Gasteiger charge is -2.46. The van der Waals surface area contributed by atoms with E-state index in [1.54, 1.807) is 0 Å². The molecule has 0 N–H and O–H groups in total. The number of hydrogen-bond donors (Lipinski definition) is 0. The van der Waals surface area contributed by atoms with Crippen molar-refractivity contribution in [2.24, 2.45) is 17.3 Å². The van der Waals surface area contributed by atoms with Gasteiger partial charge in [-0.15, -0.1) is 0 Å². The zero-order valence-corrected chi connectivity index (χ0v) is 10.7. The maximum atomic E-state index is 2.78. The van der Waals surface area contributed by atoms with Crippen LogP contribution in [-0.4, -0.2) is 23.5 Å². The third-order valence-electron chi connectivity index (χ3n) is 5.50. The highest BCUT2D eigenvalue weighted by molar-refractivity contribution is 5.17. The molecule has 0 aromatic heterocycles. The highest BCUT2D eigenvalue weighted by Gasteiger charge is 2.63. The van der Waals surface area contributed by atoms with Gasteiger partial charge in [-0.1, -0.05) is 27.2 Å². The molecule has 15 heavy (non-hydrogen) atoms. The third kappa shape index (κ3) is 1.25. The van der Waals surface area contributed by atoms with Gasteiger partial charge in [-0.2, -0.15) is 0 Å². The van der Waals surface area contributed by atoms with Gasteiger partial charge in [-0.05, 0) is 50.0 Å². The first-order valence-electron chi connectivity index (χ1n) is 6.68. The lowest BCUT2D eigenvalue weighted by Crippen LogP contribution is -2.50. The van der Waals surface area contributed by atoms with Gasteiger partial charge in [0.1, 0.15) is 0 Å². The highest BCUT2D eigenvalue weighted by Crippen LogP contribution is 2.62. The van der Waals surface area contributed by atoms with Crippen molar-refractivity contribution in [3.8, 4) is 0 Å². The zero-order chi connectivity index (χ0) is 10.8. The standard InChI is InChI=1S/C14H25N/c1-13(2,3)12-6-5-7-14(12)9-10-8-11(10)15(14)4/h10-12H,5-9H2,1-4H3. The van der Waals surface area contributed by atoms with Gasteiger partial charge in [0.05, 0.1) is 0 Å². The smallest absolute Gasteiger partial charge is 0.0245 e. The fourth-order valence-corrected chi connectivity index (χ4v) is 4.81. The van der Waals surface area contributed by atoms with Crippen molar-refractivity contribution in [2.45, 2.75) is 64.5 Å². The molecule has 1 saturated heterocycles. The lowest BCUT2D eigenvalue weighted by molar-refractivity contribution is 0.0356. The summed E-state index contributed by atoms with van der Waals surface area (Å²) in [5.74, 6) is 2.00. The van der Waals surface area contributed by atoms with Gasteiger partial charge in [0.2, 0.25) is 0 Å². The average molecular weight is 207 g/mol. The minimum atomic E-state index is 0.502. The molecule has 1 nitrogen and oxygen atoms in total. The summed E-state index contributed by atoms with van der Waals surface area (Å²) in [4.78, 5) is 2.78. The SMILES string of the molecule is CN1C2CC2CC12CCCC2C(C)(C)C. The van der Waals surface area contributed by atoms with Crippen LogP contribution in [-0.2, 0) is 0 Å². The Kier molecular flexibility index (Phi) is 1.89. The van der Waals surface area contributed by atoms with Crippen LogP contribution >= 0.6 is 0 Å². The molecular formula is C14H25N. The number of hydrogen-bond acceptors (Lipinski definition) is 1. The molecule has 0 amide bonds. The molecule has 2 aliphatic carbocycles. The zero-order valence-electron chi connectivity index (χ0n) is 10.7. The van der Waals surface area contributed by atoms with Crippen LogP contribution in [0.25, 0.3) is 0 Å². The second kappa shape index (κ2) is 2.80. The molecule has 86 valence electrons. The predicted molar refractivity (Wildman–Crippen MR) is 63.8 cm³/mol. The van der Waals surface area contributed by atoms with E-state index in [1.807, 2.05) is 0 Å². The van der Waals surface area contributed by atoms with E-state index in [0.29, 0.717) is 11.0 Å². The Hall–Kier alpha value is -0.0400. The van der Waals surface area contributed by atoms with E-state index in [0.717, 1.165) is 17.9 Å². The molecular weight excluding hydrogens is 182 g/mol. The van der Waals surface area contributed by atoms with Crippen molar-refractivity contribution in [1.29, 1.82) is 0 Å². The Morgan fingerprint density at radius 1 is 1.27 bits per heavy atom. The molecule has 0 aromatic carbocycles. The summed E-state index contributed by atoms with van der Waals surface area (Å²) >= 11 is 0. The van der Waals surface area contributed by atoms with Crippen molar-refractivity contribution in [2.75, 3.05) is 7.05 Å². The van der Waals surface area contributed by atoms with E-state index >= 15 is 0 Å². The second-order valence-corrected chi connectivity index (χ2v) is 7.29. The summed E-state index contributed by atoms with van der Waals surface area (Å²) in [6.45, 7) is 7.34. The van der Waals surface area contributed by atoms with E-state index in [2.05, 4.69) is 32.7 Å². The quantitative estimate of drug-likeness (QED) is 0.589. The van der Waals surface area contributed by atoms with Crippen molar-refractivity contribution < 1.29 is 0 Å². The third-order valence-corrected chi connectivity index (χ3v) is 5.50. The molecule has 0 aromatic rings. The van der Waals surface area contributed by atoms with Gasteiger partial charge in [0.15, 0.2) is 0 Å². The molecule has 3 aliphatic rings. The summed E-state index contributed by atoms with van der Waals surface area (Å²) in [5, 5.41) is 0. The minimum Gasteiger partial charge on any atom is -0.297 e. The number of rotatable bonds is 0. The van der Waals surface area contributed by atoms with Gasteiger partial charge in [0.25, 0.3) is 0 Å². The van der Waals surface area contributed by atoms with Crippen molar-refractivity contribution in [1.82, 2.24) is 4.90 Å². The molecule has 4 atom stereocenters. The summed E-state index contributed by atoms with van der Waals surface area (Å²) in [6.07, 6.45) is 7.41. The fraction of sp³-hybridized carbons (Fsp3) is 1.00. The molecule has 4 unspecified atom stereocenters. The molecule has 1 aliphatic heterocycles. The Labute approximate surface area is 94.2 Å². The normalized spacial score (nSPS) is 50.0. The van der Waals surface area contributed by atoms with Crippen LogP contribution in [0.5, 0.6) is 0 Å². The molecule has 1 spiro atoms. The van der Waals surface area contributed by atoms with Gasteiger partial charge in [0, 0.05) is 11.6 Å². The van der Waals surface area contributed by atoms with Crippen LogP contribution in [0.2, 0.25) is 0 Å². The fourth-order valence-electron chi connectivity index (χ4n) is 4.81. The van der Waals surface area contributed by atoms with Crippen LogP contribution in [0.15, 0.2) is 0 Å². The van der Waals surface area contributed by atoms with Crippen molar-refractivity contribution in [3.63, 3.8) is 0 Å². The Bertz CT molecular complexity index is 278. The highest BCUT2D eigenvalue weighted by atomic mass is 15.3. The first-order valence-corrected chi connectivity index (χ1v) is 6.68. The van der Waals surface area contributed by atoms with Gasteiger partial charge in [-0.3, -0.25) is 4.90 Å². The van der Waals surface area contributed by atoms with Crippen LogP contribution < -0.4 is 0 Å². The van der Waals surface area contributed by atoms with E-state index < -0.39 is 0 Å². The number of likely N-dealkylation sites (tertiary alicyclic amines) is 1. The molecule has 1 heteroatoms. The van der Waals surface area contributed by atoms with E-state index in [-0.39, 0.29) is 0 Å². The summed E-state index contributed by atoms with van der Waals surface area (Å²) < 4.78 is 0. The first-order chi connectivity index (χ1) is 6.95. The van der Waals surface area contributed by atoms with Gasteiger partial charge < -0.3 is 0 Å². The van der Waals surface area contributed by atoms with Crippen molar-refractivity contribution >= 4 is 0 Å². The predicted octanol–water partition coefficient (Wildman–Crippen LogP) is 3.30. The van der Waals surface area contributed by atoms with E-state index in [4.69, 9.17) is 0 Å². The minimum absolute atomic E-state index is 0.502. The Balaban J connectivity index is 1.91. The number of nitrogens with zero attached hydrogens (tertiary/aromatic N) is 1. The van der Waals surface area contributed by atoms with E-state index in [9.17, 15) is 0 Å². The van der Waals surface area contributed by atoms with Gasteiger partial charge in [-0.25, -0.2) is 0 Å². The lowest BCUT2D eigenvalue weighted by atomic mass is 9.69. The summed E-state index contributed by atoms with van der Waals surface area (Å²) in [7, 11) is 2.40. The number of piperidine rings is 1. The van der Waals surface area contributed by atoms with Crippen LogP contribution in [0.3, 0.4) is 0 Å². The van der Waals surface area contributed by atoms with Gasteiger partial charge >= 0.3 is 0 Å². The topological polar surface area (TPSA) is 3.24 Å². The largest absolute Gasteiger partial charge is 0.297 e. The maximum absolute atomic E-state index is 2.78. The molecule has 1 heterocycles. The molecule has 3 rings (SSSR count). The van der Waals surface area contributed by atoms with Crippen molar-refractivity contribution in [3.05, 3.63) is 0 Å². The summed E-state index contributed by atoms with van der Waals surface area (Å²) in [6, 6.07) is 0.966. The summed E-state index contributed by atoms with van der Waals surface area (Å²) in [5.41, 5.74) is 1.10. The van der Waals surface area contributed by atoms with Crippen LogP contribution in [0, 0.1) is 17.3 Å².